The molecule has 1 aromatic rings. The highest BCUT2D eigenvalue weighted by Crippen LogP contribution is 2.37. The zero-order valence-corrected chi connectivity index (χ0v) is 10.1. The Morgan fingerprint density at radius 1 is 1.19 bits per heavy atom. The van der Waals surface area contributed by atoms with Crippen molar-refractivity contribution in [2.45, 2.75) is 38.8 Å². The van der Waals surface area contributed by atoms with Crippen LogP contribution in [-0.4, -0.2) is 13.1 Å². The molecule has 0 saturated carbocycles. The molecule has 1 unspecified atom stereocenters. The Morgan fingerprint density at radius 3 is 2.81 bits per heavy atom. The number of hydrogen-bond acceptors (Lipinski definition) is 1. The van der Waals surface area contributed by atoms with Crippen molar-refractivity contribution in [2.75, 3.05) is 13.1 Å². The van der Waals surface area contributed by atoms with Gasteiger partial charge >= 0.3 is 0 Å². The fourth-order valence-corrected chi connectivity index (χ4v) is 2.52. The monoisotopic (exact) mass is 221 g/mol. The maximum absolute atomic E-state index is 15.0. The zero-order valence-electron chi connectivity index (χ0n) is 10.1. The number of benzene rings is 1. The van der Waals surface area contributed by atoms with E-state index in [0.29, 0.717) is 12.8 Å². The number of nitrogens with one attached hydrogen (secondary N) is 1. The molecule has 1 aliphatic heterocycles. The van der Waals surface area contributed by atoms with Crippen molar-refractivity contribution in [3.05, 3.63) is 34.9 Å². The van der Waals surface area contributed by atoms with Crippen molar-refractivity contribution < 1.29 is 4.39 Å². The largest absolute Gasteiger partial charge is 0.317 e. The fourth-order valence-electron chi connectivity index (χ4n) is 2.52. The van der Waals surface area contributed by atoms with Gasteiger partial charge in [0, 0.05) is 0 Å². The van der Waals surface area contributed by atoms with Crippen molar-refractivity contribution >= 4 is 0 Å². The fraction of sp³-hybridized carbons (Fsp3) is 0.571. The summed E-state index contributed by atoms with van der Waals surface area (Å²) in [4.78, 5) is 0. The van der Waals surface area contributed by atoms with Gasteiger partial charge in [-0.3, -0.25) is 0 Å². The summed E-state index contributed by atoms with van der Waals surface area (Å²) in [5, 5.41) is 3.27. The molecule has 1 aromatic carbocycles. The van der Waals surface area contributed by atoms with E-state index in [4.69, 9.17) is 0 Å². The van der Waals surface area contributed by atoms with Crippen molar-refractivity contribution in [3.8, 4) is 0 Å². The van der Waals surface area contributed by atoms with Crippen LogP contribution in [0, 0.1) is 13.8 Å². The summed E-state index contributed by atoms with van der Waals surface area (Å²) in [5.74, 6) is 0. The molecule has 0 bridgehead atoms. The lowest BCUT2D eigenvalue weighted by Crippen LogP contribution is -2.23. The standard InChI is InChI=1S/C14H20FN/c1-11-4-5-12(2)13(10-11)14(15)6-3-8-16-9-7-14/h4-5,10,16H,3,6-9H2,1-2H3. The van der Waals surface area contributed by atoms with E-state index in [2.05, 4.69) is 11.4 Å². The van der Waals surface area contributed by atoms with Gasteiger partial charge < -0.3 is 5.32 Å². The van der Waals surface area contributed by atoms with Crippen molar-refractivity contribution in [1.82, 2.24) is 5.32 Å². The molecule has 1 N–H and O–H groups in total. The Morgan fingerprint density at radius 2 is 2.00 bits per heavy atom. The number of rotatable bonds is 1. The number of aryl methyl sites for hydroxylation is 2. The van der Waals surface area contributed by atoms with E-state index in [1.54, 1.807) is 0 Å². The molecule has 88 valence electrons. The van der Waals surface area contributed by atoms with E-state index >= 15 is 0 Å². The Bertz CT molecular complexity index is 365. The Labute approximate surface area is 97.1 Å². The van der Waals surface area contributed by atoms with Gasteiger partial charge in [0.15, 0.2) is 0 Å². The molecule has 0 amide bonds. The van der Waals surface area contributed by atoms with Crippen LogP contribution in [0.25, 0.3) is 0 Å². The molecule has 1 saturated heterocycles. The van der Waals surface area contributed by atoms with Crippen molar-refractivity contribution in [2.24, 2.45) is 0 Å². The highest BCUT2D eigenvalue weighted by Gasteiger charge is 2.33. The molecular weight excluding hydrogens is 201 g/mol. The van der Waals surface area contributed by atoms with Crippen LogP contribution in [0.1, 0.15) is 36.0 Å². The molecule has 0 radical (unpaired) electrons. The van der Waals surface area contributed by atoms with Crippen LogP contribution in [-0.2, 0) is 5.67 Å². The molecule has 0 aliphatic carbocycles. The topological polar surface area (TPSA) is 12.0 Å². The van der Waals surface area contributed by atoms with E-state index in [9.17, 15) is 4.39 Å². The van der Waals surface area contributed by atoms with Gasteiger partial charge in [0.2, 0.25) is 0 Å². The first kappa shape index (κ1) is 11.6. The Balaban J connectivity index is 2.36. The van der Waals surface area contributed by atoms with Crippen LogP contribution < -0.4 is 5.32 Å². The van der Waals surface area contributed by atoms with E-state index in [1.807, 2.05) is 26.0 Å². The van der Waals surface area contributed by atoms with Gasteiger partial charge in [0.25, 0.3) is 0 Å². The molecule has 1 nitrogen and oxygen atoms in total. The minimum atomic E-state index is -1.13. The van der Waals surface area contributed by atoms with E-state index < -0.39 is 5.67 Å². The first-order valence-electron chi connectivity index (χ1n) is 6.09. The van der Waals surface area contributed by atoms with Gasteiger partial charge in [-0.1, -0.05) is 23.8 Å². The summed E-state index contributed by atoms with van der Waals surface area (Å²) in [6.45, 7) is 5.76. The molecule has 1 fully saturated rings. The molecule has 1 aliphatic rings. The summed E-state index contributed by atoms with van der Waals surface area (Å²) in [5.41, 5.74) is 2.00. The van der Waals surface area contributed by atoms with Gasteiger partial charge in [-0.2, -0.15) is 0 Å². The Hall–Kier alpha value is -0.890. The van der Waals surface area contributed by atoms with E-state index in [1.165, 1.54) is 0 Å². The van der Waals surface area contributed by atoms with Crippen LogP contribution in [0.5, 0.6) is 0 Å². The maximum Gasteiger partial charge on any atom is 0.137 e. The summed E-state index contributed by atoms with van der Waals surface area (Å²) < 4.78 is 15.0. The lowest BCUT2D eigenvalue weighted by Gasteiger charge is -2.26. The normalized spacial score (nSPS) is 26.4. The first-order valence-corrected chi connectivity index (χ1v) is 6.09. The third-order valence-corrected chi connectivity index (χ3v) is 3.50. The minimum Gasteiger partial charge on any atom is -0.317 e. The van der Waals surface area contributed by atoms with Crippen LogP contribution in [0.15, 0.2) is 18.2 Å². The minimum absolute atomic E-state index is 0.595. The third-order valence-electron chi connectivity index (χ3n) is 3.50. The summed E-state index contributed by atoms with van der Waals surface area (Å²) in [7, 11) is 0. The van der Waals surface area contributed by atoms with E-state index in [0.717, 1.165) is 36.2 Å². The van der Waals surface area contributed by atoms with Crippen LogP contribution >= 0.6 is 0 Å². The second kappa shape index (κ2) is 4.54. The molecule has 2 rings (SSSR count). The number of alkyl halides is 1. The zero-order chi connectivity index (χ0) is 11.6. The second-order valence-corrected chi connectivity index (χ2v) is 4.89. The molecule has 2 heteroatoms. The second-order valence-electron chi connectivity index (χ2n) is 4.89. The van der Waals surface area contributed by atoms with Gasteiger partial charge in [-0.15, -0.1) is 0 Å². The predicted molar refractivity (Wildman–Crippen MR) is 65.4 cm³/mol. The molecule has 0 aromatic heterocycles. The molecule has 16 heavy (non-hydrogen) atoms. The average Bonchev–Trinajstić information content (AvgIpc) is 2.48. The highest BCUT2D eigenvalue weighted by atomic mass is 19.1. The van der Waals surface area contributed by atoms with Crippen LogP contribution in [0.2, 0.25) is 0 Å². The van der Waals surface area contributed by atoms with Crippen LogP contribution in [0.4, 0.5) is 4.39 Å². The predicted octanol–water partition coefficient (Wildman–Crippen LogP) is 3.24. The number of hydrogen-bond donors (Lipinski definition) is 1. The smallest absolute Gasteiger partial charge is 0.137 e. The van der Waals surface area contributed by atoms with Gasteiger partial charge in [-0.05, 0) is 57.3 Å². The number of halogens is 1. The Kier molecular flexibility index (Phi) is 3.29. The molecule has 1 atom stereocenters. The van der Waals surface area contributed by atoms with Gasteiger partial charge in [0.05, 0.1) is 0 Å². The summed E-state index contributed by atoms with van der Waals surface area (Å²) in [6.07, 6.45) is 2.16. The van der Waals surface area contributed by atoms with Gasteiger partial charge in [0.1, 0.15) is 5.67 Å². The molecule has 1 heterocycles. The van der Waals surface area contributed by atoms with Crippen LogP contribution in [0.3, 0.4) is 0 Å². The van der Waals surface area contributed by atoms with Crippen molar-refractivity contribution in [1.29, 1.82) is 0 Å². The highest BCUT2D eigenvalue weighted by molar-refractivity contribution is 5.35. The SMILES string of the molecule is Cc1ccc(C)c(C2(F)CCCNCC2)c1. The maximum atomic E-state index is 15.0. The van der Waals surface area contributed by atoms with E-state index in [-0.39, 0.29) is 0 Å². The van der Waals surface area contributed by atoms with Crippen molar-refractivity contribution in [3.63, 3.8) is 0 Å². The molecule has 0 spiro atoms. The lowest BCUT2D eigenvalue weighted by atomic mass is 9.85. The average molecular weight is 221 g/mol. The summed E-state index contributed by atoms with van der Waals surface area (Å²) in [6, 6.07) is 6.10. The van der Waals surface area contributed by atoms with Gasteiger partial charge in [-0.25, -0.2) is 4.39 Å². The first-order chi connectivity index (χ1) is 7.62. The quantitative estimate of drug-likeness (QED) is 0.767. The summed E-state index contributed by atoms with van der Waals surface area (Å²) >= 11 is 0. The molecular formula is C14H20FN. The third kappa shape index (κ3) is 2.27. The lowest BCUT2D eigenvalue weighted by molar-refractivity contribution is 0.144.